The number of nitrogens with one attached hydrogen (secondary N) is 1. The molecule has 1 atom stereocenters. The number of hydrogen-bond acceptors (Lipinski definition) is 6. The zero-order chi connectivity index (χ0) is 15.6. The molecule has 0 amide bonds. The third-order valence-electron chi connectivity index (χ3n) is 3.08. The highest BCUT2D eigenvalue weighted by Crippen LogP contribution is 2.19. The molecule has 11 heteroatoms. The lowest BCUT2D eigenvalue weighted by Crippen LogP contribution is -2.44. The van der Waals surface area contributed by atoms with Gasteiger partial charge >= 0.3 is 0 Å². The first-order valence-corrected chi connectivity index (χ1v) is 11.4. The molecule has 20 heavy (non-hydrogen) atoms. The van der Waals surface area contributed by atoms with Crippen molar-refractivity contribution in [3.63, 3.8) is 0 Å². The summed E-state index contributed by atoms with van der Waals surface area (Å²) in [5, 5.41) is 0. The van der Waals surface area contributed by atoms with Crippen LogP contribution in [0.1, 0.15) is 13.3 Å². The van der Waals surface area contributed by atoms with Crippen LogP contribution >= 0.6 is 0 Å². The zero-order valence-corrected chi connectivity index (χ0v) is 13.9. The van der Waals surface area contributed by atoms with Crippen molar-refractivity contribution in [2.45, 2.75) is 19.4 Å². The van der Waals surface area contributed by atoms with Gasteiger partial charge in [0.05, 0.1) is 23.5 Å². The topological polar surface area (TPSA) is 118 Å². The minimum Gasteiger partial charge on any atom is -0.229 e. The van der Waals surface area contributed by atoms with E-state index in [0.29, 0.717) is 0 Å². The number of hydrogen-bond donors (Lipinski definition) is 1. The maximum absolute atomic E-state index is 11.7. The van der Waals surface area contributed by atoms with Crippen LogP contribution in [0.25, 0.3) is 0 Å². The predicted molar refractivity (Wildman–Crippen MR) is 76.1 cm³/mol. The second-order valence-corrected chi connectivity index (χ2v) is 11.0. The van der Waals surface area contributed by atoms with E-state index in [1.165, 1.54) is 6.92 Å². The molecule has 0 aromatic heterocycles. The normalized spacial score (nSPS) is 23.2. The van der Waals surface area contributed by atoms with E-state index in [2.05, 4.69) is 4.72 Å². The van der Waals surface area contributed by atoms with E-state index in [1.54, 1.807) is 0 Å². The molecule has 0 saturated carbocycles. The zero-order valence-electron chi connectivity index (χ0n) is 11.4. The molecule has 1 fully saturated rings. The molecule has 120 valence electrons. The summed E-state index contributed by atoms with van der Waals surface area (Å²) in [7, 11) is -10.2. The molecule has 1 saturated heterocycles. The summed E-state index contributed by atoms with van der Waals surface area (Å²) in [5.41, 5.74) is 0. The molecular formula is C9H20N2O6S3. The van der Waals surface area contributed by atoms with Crippen molar-refractivity contribution in [1.29, 1.82) is 0 Å². The molecule has 1 rings (SSSR count). The van der Waals surface area contributed by atoms with Gasteiger partial charge in [-0.3, -0.25) is 0 Å². The van der Waals surface area contributed by atoms with Crippen LogP contribution in [0, 0.1) is 0 Å². The van der Waals surface area contributed by atoms with Crippen molar-refractivity contribution in [3.8, 4) is 0 Å². The Morgan fingerprint density at radius 2 is 1.85 bits per heavy atom. The summed E-state index contributed by atoms with van der Waals surface area (Å²) < 4.78 is 72.2. The van der Waals surface area contributed by atoms with Crippen molar-refractivity contribution >= 4 is 29.9 Å². The highest BCUT2D eigenvalue weighted by Gasteiger charge is 2.36. The molecule has 0 aliphatic carbocycles. The fourth-order valence-electron chi connectivity index (χ4n) is 2.04. The maximum Gasteiger partial charge on any atom is 0.211 e. The summed E-state index contributed by atoms with van der Waals surface area (Å²) in [5.74, 6) is -0.339. The van der Waals surface area contributed by atoms with Gasteiger partial charge in [-0.25, -0.2) is 30.0 Å². The van der Waals surface area contributed by atoms with Gasteiger partial charge in [-0.2, -0.15) is 4.31 Å². The van der Waals surface area contributed by atoms with E-state index in [-0.39, 0.29) is 36.8 Å². The Bertz CT molecular complexity index is 637. The molecule has 0 aromatic rings. The number of sulfonamides is 2. The van der Waals surface area contributed by atoms with Gasteiger partial charge in [-0.1, -0.05) is 0 Å². The maximum atomic E-state index is 11.7. The Balaban J connectivity index is 2.73. The van der Waals surface area contributed by atoms with Gasteiger partial charge in [0.15, 0.2) is 9.84 Å². The summed E-state index contributed by atoms with van der Waals surface area (Å²) in [6.07, 6.45) is 1.24. The van der Waals surface area contributed by atoms with E-state index >= 15 is 0 Å². The molecule has 1 aliphatic heterocycles. The fourth-order valence-corrected chi connectivity index (χ4v) is 5.61. The standard InChI is InChI=1S/C9H20N2O6S3/c1-3-20(16,17)10-5-6-11(18(2,12)13)9-4-7-19(14,15)8-9/h9-10H,3-8H2,1-2H3. The fraction of sp³-hybridized carbons (Fsp3) is 1.00. The third-order valence-corrected chi connectivity index (χ3v) is 7.56. The van der Waals surface area contributed by atoms with Crippen LogP contribution in [-0.4, -0.2) is 72.2 Å². The van der Waals surface area contributed by atoms with Crippen LogP contribution in [0.4, 0.5) is 0 Å². The molecule has 1 aliphatic rings. The van der Waals surface area contributed by atoms with Gasteiger partial charge in [0, 0.05) is 19.1 Å². The Morgan fingerprint density at radius 1 is 1.25 bits per heavy atom. The van der Waals surface area contributed by atoms with Gasteiger partial charge in [0.1, 0.15) is 0 Å². The first kappa shape index (κ1) is 17.8. The van der Waals surface area contributed by atoms with Crippen LogP contribution in [0.15, 0.2) is 0 Å². The highest BCUT2D eigenvalue weighted by atomic mass is 32.2. The van der Waals surface area contributed by atoms with Crippen LogP contribution in [0.3, 0.4) is 0 Å². The van der Waals surface area contributed by atoms with Gasteiger partial charge in [-0.15, -0.1) is 0 Å². The molecule has 1 heterocycles. The first-order valence-electron chi connectivity index (χ1n) is 6.11. The molecule has 8 nitrogen and oxygen atoms in total. The Labute approximate surface area is 120 Å². The molecule has 0 radical (unpaired) electrons. The number of nitrogens with zero attached hydrogens (tertiary/aromatic N) is 1. The van der Waals surface area contributed by atoms with Gasteiger partial charge in [0.25, 0.3) is 0 Å². The van der Waals surface area contributed by atoms with Crippen LogP contribution in [0.5, 0.6) is 0 Å². The Kier molecular flexibility index (Phi) is 5.58. The first-order chi connectivity index (χ1) is 8.97. The van der Waals surface area contributed by atoms with Crippen molar-refractivity contribution < 1.29 is 25.3 Å². The van der Waals surface area contributed by atoms with Gasteiger partial charge in [-0.05, 0) is 13.3 Å². The lowest BCUT2D eigenvalue weighted by molar-refractivity contribution is 0.346. The summed E-state index contributed by atoms with van der Waals surface area (Å²) in [6.45, 7) is 1.33. The molecule has 0 bridgehead atoms. The smallest absolute Gasteiger partial charge is 0.211 e. The Hall–Kier alpha value is -0.230. The quantitative estimate of drug-likeness (QED) is 0.590. The van der Waals surface area contributed by atoms with E-state index in [4.69, 9.17) is 0 Å². The van der Waals surface area contributed by atoms with E-state index in [1.807, 2.05) is 0 Å². The lowest BCUT2D eigenvalue weighted by Gasteiger charge is -2.25. The second kappa shape index (κ2) is 6.26. The second-order valence-electron chi connectivity index (χ2n) is 4.73. The minimum atomic E-state index is -3.59. The lowest BCUT2D eigenvalue weighted by atomic mass is 10.2. The molecule has 1 N–H and O–H groups in total. The van der Waals surface area contributed by atoms with E-state index in [0.717, 1.165) is 10.6 Å². The third kappa shape index (κ3) is 5.28. The average molecular weight is 348 g/mol. The summed E-state index contributed by atoms with van der Waals surface area (Å²) in [6, 6.07) is -0.610. The monoisotopic (exact) mass is 348 g/mol. The SMILES string of the molecule is CCS(=O)(=O)NCCN(C1CCS(=O)(=O)C1)S(C)(=O)=O. The average Bonchev–Trinajstić information content (AvgIpc) is 2.63. The summed E-state index contributed by atoms with van der Waals surface area (Å²) in [4.78, 5) is 0. The number of sulfone groups is 1. The van der Waals surface area contributed by atoms with E-state index in [9.17, 15) is 25.3 Å². The highest BCUT2D eigenvalue weighted by molar-refractivity contribution is 7.92. The predicted octanol–water partition coefficient (Wildman–Crippen LogP) is -1.63. The van der Waals surface area contributed by atoms with Crippen LogP contribution < -0.4 is 4.72 Å². The van der Waals surface area contributed by atoms with Crippen molar-refractivity contribution in [1.82, 2.24) is 9.03 Å². The van der Waals surface area contributed by atoms with Crippen molar-refractivity contribution in [2.75, 3.05) is 36.6 Å². The molecule has 1 unspecified atom stereocenters. The van der Waals surface area contributed by atoms with Gasteiger partial charge < -0.3 is 0 Å². The van der Waals surface area contributed by atoms with E-state index < -0.39 is 35.9 Å². The summed E-state index contributed by atoms with van der Waals surface area (Å²) >= 11 is 0. The van der Waals surface area contributed by atoms with Crippen LogP contribution in [0.2, 0.25) is 0 Å². The van der Waals surface area contributed by atoms with Gasteiger partial charge in [0.2, 0.25) is 20.0 Å². The molecule has 0 aromatic carbocycles. The minimum absolute atomic E-state index is 0.0373. The van der Waals surface area contributed by atoms with Crippen molar-refractivity contribution in [2.24, 2.45) is 0 Å². The van der Waals surface area contributed by atoms with Crippen molar-refractivity contribution in [3.05, 3.63) is 0 Å². The molecular weight excluding hydrogens is 328 g/mol. The largest absolute Gasteiger partial charge is 0.229 e. The Morgan fingerprint density at radius 3 is 2.25 bits per heavy atom. The number of rotatable bonds is 7. The van der Waals surface area contributed by atoms with Crippen LogP contribution in [-0.2, 0) is 29.9 Å². The molecule has 0 spiro atoms.